The highest BCUT2D eigenvalue weighted by molar-refractivity contribution is 5.26. The van der Waals surface area contributed by atoms with E-state index in [4.69, 9.17) is 0 Å². The van der Waals surface area contributed by atoms with Crippen LogP contribution in [0.15, 0.2) is 18.2 Å². The summed E-state index contributed by atoms with van der Waals surface area (Å²) in [7, 11) is 0. The maximum absolute atomic E-state index is 13.2. The second-order valence-electron chi connectivity index (χ2n) is 4.75. The normalized spacial score (nSPS) is 13.1. The zero-order valence-corrected chi connectivity index (χ0v) is 10.7. The van der Waals surface area contributed by atoms with Gasteiger partial charge >= 0.3 is 0 Å². The summed E-state index contributed by atoms with van der Waals surface area (Å²) in [4.78, 5) is 0. The fraction of sp³-hybridized carbons (Fsp3) is 0.571. The van der Waals surface area contributed by atoms with Gasteiger partial charge in [-0.2, -0.15) is 0 Å². The average Bonchev–Trinajstić information content (AvgIpc) is 2.21. The van der Waals surface area contributed by atoms with Crippen LogP contribution in [-0.2, 0) is 0 Å². The Kier molecular flexibility index (Phi) is 4.94. The molecule has 1 aromatic rings. The molecule has 0 aliphatic carbocycles. The fourth-order valence-electron chi connectivity index (χ4n) is 1.94. The van der Waals surface area contributed by atoms with Gasteiger partial charge in [-0.05, 0) is 43.0 Å². The smallest absolute Gasteiger partial charge is 0.126 e. The molecule has 0 fully saturated rings. The Bertz CT molecular complexity index is 334. The highest BCUT2D eigenvalue weighted by atomic mass is 19.1. The molecular formula is C14H22FN. The van der Waals surface area contributed by atoms with Crippen LogP contribution in [0.25, 0.3) is 0 Å². The predicted molar refractivity (Wildman–Crippen MR) is 67.0 cm³/mol. The summed E-state index contributed by atoms with van der Waals surface area (Å²) in [5, 5.41) is 3.45. The van der Waals surface area contributed by atoms with E-state index in [1.54, 1.807) is 6.07 Å². The Morgan fingerprint density at radius 1 is 1.31 bits per heavy atom. The van der Waals surface area contributed by atoms with Crippen LogP contribution in [0.5, 0.6) is 0 Å². The molecule has 0 amide bonds. The Morgan fingerprint density at radius 3 is 2.50 bits per heavy atom. The fourth-order valence-corrected chi connectivity index (χ4v) is 1.94. The third-order valence-corrected chi connectivity index (χ3v) is 2.74. The molecule has 0 spiro atoms. The van der Waals surface area contributed by atoms with Crippen molar-refractivity contribution in [1.29, 1.82) is 0 Å². The number of benzene rings is 1. The minimum atomic E-state index is -0.122. The Labute approximate surface area is 98.1 Å². The van der Waals surface area contributed by atoms with E-state index < -0.39 is 0 Å². The Hall–Kier alpha value is -0.890. The van der Waals surface area contributed by atoms with Gasteiger partial charge in [0.15, 0.2) is 0 Å². The van der Waals surface area contributed by atoms with Crippen molar-refractivity contribution in [2.24, 2.45) is 5.92 Å². The zero-order valence-electron chi connectivity index (χ0n) is 10.7. The number of aryl methyl sites for hydroxylation is 1. The first-order chi connectivity index (χ1) is 7.54. The largest absolute Gasteiger partial charge is 0.310 e. The van der Waals surface area contributed by atoms with Gasteiger partial charge in [-0.25, -0.2) is 4.39 Å². The number of hydrogen-bond acceptors (Lipinski definition) is 1. The van der Waals surface area contributed by atoms with Gasteiger partial charge in [-0.1, -0.05) is 32.9 Å². The van der Waals surface area contributed by atoms with Crippen LogP contribution >= 0.6 is 0 Å². The van der Waals surface area contributed by atoms with Crippen LogP contribution in [-0.4, -0.2) is 6.54 Å². The summed E-state index contributed by atoms with van der Waals surface area (Å²) in [5.74, 6) is 0.512. The lowest BCUT2D eigenvalue weighted by atomic mass is 9.96. The third kappa shape index (κ3) is 3.60. The molecule has 0 saturated carbocycles. The summed E-state index contributed by atoms with van der Waals surface area (Å²) >= 11 is 0. The van der Waals surface area contributed by atoms with Crippen molar-refractivity contribution in [2.75, 3.05) is 6.54 Å². The zero-order chi connectivity index (χ0) is 12.1. The minimum Gasteiger partial charge on any atom is -0.310 e. The molecule has 1 N–H and O–H groups in total. The van der Waals surface area contributed by atoms with E-state index in [0.29, 0.717) is 12.0 Å². The topological polar surface area (TPSA) is 12.0 Å². The van der Waals surface area contributed by atoms with Gasteiger partial charge in [0.2, 0.25) is 0 Å². The molecule has 0 bridgehead atoms. The van der Waals surface area contributed by atoms with Crippen LogP contribution in [0.2, 0.25) is 0 Å². The van der Waals surface area contributed by atoms with Gasteiger partial charge in [0.05, 0.1) is 0 Å². The van der Waals surface area contributed by atoms with Crippen molar-refractivity contribution in [2.45, 2.75) is 40.2 Å². The summed E-state index contributed by atoms with van der Waals surface area (Å²) in [6.45, 7) is 9.27. The molecule has 1 nitrogen and oxygen atoms in total. The minimum absolute atomic E-state index is 0.122. The maximum atomic E-state index is 13.2. The quantitative estimate of drug-likeness (QED) is 0.800. The van der Waals surface area contributed by atoms with E-state index in [1.165, 1.54) is 5.56 Å². The van der Waals surface area contributed by atoms with Gasteiger partial charge in [-0.15, -0.1) is 0 Å². The lowest BCUT2D eigenvalue weighted by Gasteiger charge is -2.21. The molecule has 16 heavy (non-hydrogen) atoms. The lowest BCUT2D eigenvalue weighted by Crippen LogP contribution is -2.22. The van der Waals surface area contributed by atoms with E-state index in [0.717, 1.165) is 18.5 Å². The summed E-state index contributed by atoms with van der Waals surface area (Å²) in [6, 6.07) is 5.74. The first kappa shape index (κ1) is 13.2. The molecule has 90 valence electrons. The molecule has 1 rings (SSSR count). The maximum Gasteiger partial charge on any atom is 0.126 e. The van der Waals surface area contributed by atoms with Gasteiger partial charge < -0.3 is 5.32 Å². The monoisotopic (exact) mass is 223 g/mol. The van der Waals surface area contributed by atoms with E-state index in [2.05, 4.69) is 26.1 Å². The van der Waals surface area contributed by atoms with Crippen LogP contribution in [0.4, 0.5) is 4.39 Å². The van der Waals surface area contributed by atoms with Gasteiger partial charge in [0.1, 0.15) is 5.82 Å². The van der Waals surface area contributed by atoms with E-state index in [9.17, 15) is 4.39 Å². The standard InChI is InChI=1S/C14H22FN/c1-5-16-14(8-10(2)3)12-6-7-13(15)11(4)9-12/h6-7,9-10,14,16H,5,8H2,1-4H3. The first-order valence-electron chi connectivity index (χ1n) is 6.04. The van der Waals surface area contributed by atoms with Crippen molar-refractivity contribution >= 4 is 0 Å². The predicted octanol–water partition coefficient (Wildman–Crippen LogP) is 3.83. The van der Waals surface area contributed by atoms with Gasteiger partial charge in [-0.3, -0.25) is 0 Å². The second-order valence-corrected chi connectivity index (χ2v) is 4.75. The van der Waals surface area contributed by atoms with E-state index in [1.807, 2.05) is 19.1 Å². The highest BCUT2D eigenvalue weighted by Gasteiger charge is 2.13. The van der Waals surface area contributed by atoms with Crippen LogP contribution in [0.1, 0.15) is 44.4 Å². The van der Waals surface area contributed by atoms with Crippen LogP contribution < -0.4 is 5.32 Å². The molecule has 0 aliphatic heterocycles. The molecule has 2 heteroatoms. The summed E-state index contributed by atoms with van der Waals surface area (Å²) in [6.07, 6.45) is 1.08. The Morgan fingerprint density at radius 2 is 2.00 bits per heavy atom. The van der Waals surface area contributed by atoms with Crippen LogP contribution in [0, 0.1) is 18.7 Å². The molecule has 1 atom stereocenters. The molecular weight excluding hydrogens is 201 g/mol. The van der Waals surface area contributed by atoms with E-state index >= 15 is 0 Å². The Balaban J connectivity index is 2.87. The molecule has 0 heterocycles. The molecule has 0 aliphatic rings. The summed E-state index contributed by atoms with van der Waals surface area (Å²) in [5.41, 5.74) is 1.92. The van der Waals surface area contributed by atoms with Crippen molar-refractivity contribution in [3.63, 3.8) is 0 Å². The molecule has 1 aromatic carbocycles. The van der Waals surface area contributed by atoms with E-state index in [-0.39, 0.29) is 5.82 Å². The van der Waals surface area contributed by atoms with Crippen LogP contribution in [0.3, 0.4) is 0 Å². The van der Waals surface area contributed by atoms with Crippen molar-refractivity contribution in [1.82, 2.24) is 5.32 Å². The number of halogens is 1. The molecule has 0 saturated heterocycles. The molecule has 1 unspecified atom stereocenters. The van der Waals surface area contributed by atoms with Gasteiger partial charge in [0.25, 0.3) is 0 Å². The number of hydrogen-bond donors (Lipinski definition) is 1. The molecule has 0 radical (unpaired) electrons. The third-order valence-electron chi connectivity index (χ3n) is 2.74. The van der Waals surface area contributed by atoms with Crippen molar-refractivity contribution in [3.8, 4) is 0 Å². The van der Waals surface area contributed by atoms with Crippen molar-refractivity contribution < 1.29 is 4.39 Å². The first-order valence-corrected chi connectivity index (χ1v) is 6.04. The second kappa shape index (κ2) is 6.00. The highest BCUT2D eigenvalue weighted by Crippen LogP contribution is 2.22. The number of rotatable bonds is 5. The number of nitrogens with one attached hydrogen (secondary N) is 1. The average molecular weight is 223 g/mol. The van der Waals surface area contributed by atoms with Gasteiger partial charge in [0, 0.05) is 6.04 Å². The SMILES string of the molecule is CCNC(CC(C)C)c1ccc(F)c(C)c1. The van der Waals surface area contributed by atoms with Crippen molar-refractivity contribution in [3.05, 3.63) is 35.1 Å². The summed E-state index contributed by atoms with van der Waals surface area (Å²) < 4.78 is 13.2. The molecule has 0 aromatic heterocycles. The lowest BCUT2D eigenvalue weighted by molar-refractivity contribution is 0.438.